The minimum atomic E-state index is 0.719. The van der Waals surface area contributed by atoms with Crippen molar-refractivity contribution in [2.24, 2.45) is 4.99 Å². The average molecular weight is 716 g/mol. The largest absolute Gasteiger partial charge is 0.423 e. The number of aromatic amines is 1. The SMILES string of the molecule is c1ccc(C2=NC(c3ccc(-c4cccc5cccc(-c6ccc(-c7nc(-c8ccccc8)c(-c8ccccc8)[nH]7)cc6)c45)cc3)=[N+]=C2c2ccccc2)cc1. The van der Waals surface area contributed by atoms with E-state index in [2.05, 4.69) is 163 Å². The third-order valence-electron chi connectivity index (χ3n) is 10.4. The lowest BCUT2D eigenvalue weighted by Gasteiger charge is -2.13. The van der Waals surface area contributed by atoms with Crippen LogP contribution in [0.4, 0.5) is 0 Å². The molecule has 1 aliphatic rings. The van der Waals surface area contributed by atoms with Crippen LogP contribution >= 0.6 is 0 Å². The maximum Gasteiger partial charge on any atom is 0.423 e. The van der Waals surface area contributed by atoms with E-state index in [1.165, 1.54) is 21.9 Å². The first kappa shape index (κ1) is 33.0. The zero-order valence-electron chi connectivity index (χ0n) is 30.5. The molecule has 1 aromatic heterocycles. The van der Waals surface area contributed by atoms with Gasteiger partial charge in [0.25, 0.3) is 5.71 Å². The second-order valence-electron chi connectivity index (χ2n) is 13.9. The van der Waals surface area contributed by atoms with Crippen LogP contribution in [0.15, 0.2) is 211 Å². The third kappa shape index (κ3) is 6.16. The summed E-state index contributed by atoms with van der Waals surface area (Å²) in [6.45, 7) is 0. The molecule has 4 heteroatoms. The van der Waals surface area contributed by atoms with E-state index in [1.54, 1.807) is 0 Å². The van der Waals surface area contributed by atoms with Gasteiger partial charge in [0.1, 0.15) is 5.82 Å². The maximum atomic E-state index is 5.13. The van der Waals surface area contributed by atoms with Gasteiger partial charge in [-0.25, -0.2) is 4.98 Å². The molecule has 9 aromatic rings. The number of benzene rings is 8. The Morgan fingerprint density at radius 1 is 0.375 bits per heavy atom. The second-order valence-corrected chi connectivity index (χ2v) is 13.9. The van der Waals surface area contributed by atoms with Gasteiger partial charge in [-0.2, -0.15) is 4.67 Å². The molecule has 4 nitrogen and oxygen atoms in total. The Labute approximate surface area is 325 Å². The van der Waals surface area contributed by atoms with E-state index in [0.717, 1.165) is 79.0 Å². The van der Waals surface area contributed by atoms with E-state index < -0.39 is 0 Å². The van der Waals surface area contributed by atoms with Gasteiger partial charge in [-0.15, -0.1) is 0 Å². The molecule has 0 radical (unpaired) electrons. The zero-order valence-corrected chi connectivity index (χ0v) is 30.5. The number of hydrogen-bond acceptors (Lipinski definition) is 2. The molecule has 56 heavy (non-hydrogen) atoms. The van der Waals surface area contributed by atoms with Crippen molar-refractivity contribution in [1.29, 1.82) is 0 Å². The number of nitrogens with one attached hydrogen (secondary N) is 1. The van der Waals surface area contributed by atoms with E-state index in [0.29, 0.717) is 0 Å². The monoisotopic (exact) mass is 715 g/mol. The lowest BCUT2D eigenvalue weighted by atomic mass is 9.91. The van der Waals surface area contributed by atoms with Crippen LogP contribution in [-0.4, -0.2) is 27.2 Å². The van der Waals surface area contributed by atoms with Gasteiger partial charge in [-0.1, -0.05) is 182 Å². The van der Waals surface area contributed by atoms with E-state index in [4.69, 9.17) is 14.6 Å². The van der Waals surface area contributed by atoms with Gasteiger partial charge < -0.3 is 4.98 Å². The van der Waals surface area contributed by atoms with E-state index in [-0.39, 0.29) is 0 Å². The molecular formula is C52H35N4+. The summed E-state index contributed by atoms with van der Waals surface area (Å²) >= 11 is 0. The summed E-state index contributed by atoms with van der Waals surface area (Å²) in [7, 11) is 0. The van der Waals surface area contributed by atoms with E-state index in [9.17, 15) is 0 Å². The summed E-state index contributed by atoms with van der Waals surface area (Å²) in [4.78, 5) is 13.9. The molecule has 0 aliphatic carbocycles. The average Bonchev–Trinajstić information content (AvgIpc) is 3.94. The smallest absolute Gasteiger partial charge is 0.337 e. The van der Waals surface area contributed by atoms with Crippen LogP contribution in [0.5, 0.6) is 0 Å². The highest BCUT2D eigenvalue weighted by molar-refractivity contribution is 6.56. The Morgan fingerprint density at radius 2 is 0.857 bits per heavy atom. The second kappa shape index (κ2) is 14.3. The van der Waals surface area contributed by atoms with Gasteiger partial charge in [0.05, 0.1) is 17.0 Å². The van der Waals surface area contributed by atoms with Crippen molar-refractivity contribution in [3.05, 3.63) is 223 Å². The highest BCUT2D eigenvalue weighted by Crippen LogP contribution is 2.38. The number of fused-ring (bicyclic) bond motifs is 1. The number of aromatic nitrogens is 2. The van der Waals surface area contributed by atoms with Crippen LogP contribution < -0.4 is 4.67 Å². The Morgan fingerprint density at radius 3 is 1.43 bits per heavy atom. The summed E-state index contributed by atoms with van der Waals surface area (Å²) < 4.78 is 5.08. The Hall–Kier alpha value is -7.65. The third-order valence-corrected chi connectivity index (χ3v) is 10.4. The maximum absolute atomic E-state index is 5.13. The number of aliphatic imine (C=N–C) groups is 1. The normalized spacial score (nSPS) is 12.3. The number of hydrogen-bond donors (Lipinski definition) is 1. The molecular weight excluding hydrogens is 681 g/mol. The number of nitrogens with zero attached hydrogens (tertiary/aromatic N) is 3. The summed E-state index contributed by atoms with van der Waals surface area (Å²) in [6.07, 6.45) is 0. The van der Waals surface area contributed by atoms with Crippen molar-refractivity contribution < 1.29 is 0 Å². The lowest BCUT2D eigenvalue weighted by Crippen LogP contribution is -2.16. The van der Waals surface area contributed by atoms with Crippen molar-refractivity contribution >= 4 is 28.0 Å². The molecule has 262 valence electrons. The summed E-state index contributed by atoms with van der Waals surface area (Å²) in [5, 5.41) is 2.41. The first-order chi connectivity index (χ1) is 27.8. The van der Waals surface area contributed by atoms with Crippen molar-refractivity contribution in [2.45, 2.75) is 0 Å². The van der Waals surface area contributed by atoms with Gasteiger partial charge >= 0.3 is 5.84 Å². The Balaban J connectivity index is 1.00. The quantitative estimate of drug-likeness (QED) is 0.156. The predicted molar refractivity (Wildman–Crippen MR) is 233 cm³/mol. The van der Waals surface area contributed by atoms with Crippen LogP contribution in [-0.2, 0) is 0 Å². The molecule has 1 aliphatic heterocycles. The fourth-order valence-electron chi connectivity index (χ4n) is 7.62. The zero-order chi connectivity index (χ0) is 37.3. The minimum absolute atomic E-state index is 0.719. The summed E-state index contributed by atoms with van der Waals surface area (Å²) in [5.74, 6) is 1.56. The molecule has 0 fully saturated rings. The molecule has 0 saturated carbocycles. The van der Waals surface area contributed by atoms with Crippen LogP contribution in [0, 0.1) is 0 Å². The summed E-state index contributed by atoms with van der Waals surface area (Å²) in [5.41, 5.74) is 14.7. The molecule has 0 bridgehead atoms. The lowest BCUT2D eigenvalue weighted by molar-refractivity contribution is 1.31. The van der Waals surface area contributed by atoms with E-state index in [1.807, 2.05) is 48.5 Å². The molecule has 1 N–H and O–H groups in total. The molecule has 0 spiro atoms. The number of H-pyrrole nitrogens is 1. The first-order valence-corrected chi connectivity index (χ1v) is 18.9. The molecule has 0 saturated heterocycles. The number of rotatable bonds is 8. The highest BCUT2D eigenvalue weighted by Gasteiger charge is 2.32. The molecule has 0 unspecified atom stereocenters. The summed E-state index contributed by atoms with van der Waals surface area (Å²) in [6, 6.07) is 71.9. The Bertz CT molecular complexity index is 2880. The fourth-order valence-corrected chi connectivity index (χ4v) is 7.62. The van der Waals surface area contributed by atoms with Gasteiger partial charge in [-0.3, -0.25) is 0 Å². The van der Waals surface area contributed by atoms with Gasteiger partial charge in [0.2, 0.25) is 5.71 Å². The fraction of sp³-hybridized carbons (Fsp3) is 0. The Kier molecular flexibility index (Phi) is 8.41. The van der Waals surface area contributed by atoms with Crippen molar-refractivity contribution in [3.63, 3.8) is 0 Å². The number of imidazole rings is 1. The van der Waals surface area contributed by atoms with Gasteiger partial charge in [0.15, 0.2) is 0 Å². The topological polar surface area (TPSA) is 55.1 Å². The first-order valence-electron chi connectivity index (χ1n) is 18.9. The van der Waals surface area contributed by atoms with Crippen LogP contribution in [0.2, 0.25) is 0 Å². The van der Waals surface area contributed by atoms with Crippen LogP contribution in [0.25, 0.3) is 66.9 Å². The number of amidine groups is 1. The molecule has 0 amide bonds. The van der Waals surface area contributed by atoms with Crippen LogP contribution in [0.3, 0.4) is 0 Å². The molecule has 10 rings (SSSR count). The predicted octanol–water partition coefficient (Wildman–Crippen LogP) is 11.7. The molecule has 0 atom stereocenters. The standard InChI is InChI=1S/C52H35N4/c1-5-15-38(16-6-1)47-48(39-17-7-2-8-18-39)54-51(53-47)42-31-27-35(28-32-42)44-25-13-23-37-24-14-26-45(46(37)44)36-29-33-43(34-30-36)52-55-49(40-19-9-3-10-20-40)50(56-52)41-21-11-4-12-22-41/h1-34H,(H,53,54)/q+1. The molecule has 2 heterocycles. The molecule has 8 aromatic carbocycles. The van der Waals surface area contributed by atoms with Crippen molar-refractivity contribution in [1.82, 2.24) is 14.6 Å². The van der Waals surface area contributed by atoms with Crippen molar-refractivity contribution in [2.75, 3.05) is 0 Å². The minimum Gasteiger partial charge on any atom is -0.337 e. The van der Waals surface area contributed by atoms with E-state index >= 15 is 0 Å². The van der Waals surface area contributed by atoms with Gasteiger partial charge in [0, 0.05) is 27.8 Å². The van der Waals surface area contributed by atoms with Crippen LogP contribution in [0.1, 0.15) is 16.7 Å². The highest BCUT2D eigenvalue weighted by atomic mass is 14.9. The van der Waals surface area contributed by atoms with Gasteiger partial charge in [-0.05, 0) is 62.3 Å². The van der Waals surface area contributed by atoms with Crippen molar-refractivity contribution in [3.8, 4) is 56.2 Å².